The Morgan fingerprint density at radius 2 is 2.17 bits per heavy atom. The molecule has 4 heteroatoms. The zero-order chi connectivity index (χ0) is 13.0. The number of nitrogens with one attached hydrogen (secondary N) is 1. The molecule has 0 unspecified atom stereocenters. The van der Waals surface area contributed by atoms with Crippen molar-refractivity contribution in [1.82, 2.24) is 10.3 Å². The van der Waals surface area contributed by atoms with Gasteiger partial charge in [-0.15, -0.1) is 6.42 Å². The molecule has 0 radical (unpaired) electrons. The lowest BCUT2D eigenvalue weighted by Gasteiger charge is -2.33. The summed E-state index contributed by atoms with van der Waals surface area (Å²) in [6, 6.07) is 3.35. The molecule has 1 saturated carbocycles. The number of carbonyl (C=O) groups is 1. The molecule has 1 aromatic heterocycles. The van der Waals surface area contributed by atoms with E-state index in [1.54, 1.807) is 18.3 Å². The summed E-state index contributed by atoms with van der Waals surface area (Å²) in [6.45, 7) is 0. The number of nitrogens with zero attached hydrogens (tertiary/aromatic N) is 1. The minimum atomic E-state index is -0.516. The van der Waals surface area contributed by atoms with Crippen molar-refractivity contribution >= 4 is 11.7 Å². The van der Waals surface area contributed by atoms with Gasteiger partial charge in [-0.3, -0.25) is 4.79 Å². The predicted molar refractivity (Wildman–Crippen MR) is 70.8 cm³/mol. The third-order valence-electron chi connectivity index (χ3n) is 3.42. The van der Waals surface area contributed by atoms with Crippen molar-refractivity contribution in [3.63, 3.8) is 0 Å². The topological polar surface area (TPSA) is 68.0 Å². The summed E-state index contributed by atoms with van der Waals surface area (Å²) >= 11 is 0. The minimum Gasteiger partial charge on any atom is -0.383 e. The zero-order valence-corrected chi connectivity index (χ0v) is 10.3. The highest BCUT2D eigenvalue weighted by molar-refractivity contribution is 5.98. The molecule has 1 amide bonds. The zero-order valence-electron chi connectivity index (χ0n) is 10.3. The van der Waals surface area contributed by atoms with Crippen LogP contribution in [0.5, 0.6) is 0 Å². The molecular formula is C14H17N3O. The number of pyridine rings is 1. The molecule has 0 aromatic carbocycles. The summed E-state index contributed by atoms with van der Waals surface area (Å²) in [5, 5.41) is 2.94. The van der Waals surface area contributed by atoms with Crippen LogP contribution < -0.4 is 11.1 Å². The Hall–Kier alpha value is -2.02. The van der Waals surface area contributed by atoms with Crippen molar-refractivity contribution in [2.24, 2.45) is 0 Å². The van der Waals surface area contributed by atoms with Crippen LogP contribution in [0.3, 0.4) is 0 Å². The summed E-state index contributed by atoms with van der Waals surface area (Å²) in [7, 11) is 0. The molecule has 1 aliphatic carbocycles. The number of aromatic nitrogens is 1. The Morgan fingerprint density at radius 3 is 2.78 bits per heavy atom. The van der Waals surface area contributed by atoms with Crippen LogP contribution in [0.15, 0.2) is 18.3 Å². The fourth-order valence-electron chi connectivity index (χ4n) is 2.35. The van der Waals surface area contributed by atoms with Gasteiger partial charge >= 0.3 is 0 Å². The van der Waals surface area contributed by atoms with Gasteiger partial charge in [-0.2, -0.15) is 0 Å². The number of terminal acetylenes is 1. The minimum absolute atomic E-state index is 0.234. The van der Waals surface area contributed by atoms with E-state index in [-0.39, 0.29) is 11.7 Å². The first kappa shape index (κ1) is 12.4. The van der Waals surface area contributed by atoms with Crippen LogP contribution in [0.2, 0.25) is 0 Å². The van der Waals surface area contributed by atoms with E-state index in [1.807, 2.05) is 0 Å². The molecule has 0 spiro atoms. The first-order valence-electron chi connectivity index (χ1n) is 6.18. The lowest BCUT2D eigenvalue weighted by atomic mass is 9.82. The highest BCUT2D eigenvalue weighted by Crippen LogP contribution is 2.28. The molecule has 0 aliphatic heterocycles. The quantitative estimate of drug-likeness (QED) is 0.777. The van der Waals surface area contributed by atoms with Gasteiger partial charge in [-0.25, -0.2) is 4.98 Å². The Bertz CT molecular complexity index is 484. The fourth-order valence-corrected chi connectivity index (χ4v) is 2.35. The van der Waals surface area contributed by atoms with Crippen LogP contribution >= 0.6 is 0 Å². The maximum atomic E-state index is 12.2. The second kappa shape index (κ2) is 5.09. The van der Waals surface area contributed by atoms with Gasteiger partial charge in [0.25, 0.3) is 5.91 Å². The first-order chi connectivity index (χ1) is 8.67. The summed E-state index contributed by atoms with van der Waals surface area (Å²) in [6.07, 6.45) is 12.1. The average molecular weight is 243 g/mol. The van der Waals surface area contributed by atoms with Crippen molar-refractivity contribution in [2.45, 2.75) is 37.6 Å². The van der Waals surface area contributed by atoms with E-state index in [1.165, 1.54) is 6.42 Å². The van der Waals surface area contributed by atoms with Crippen LogP contribution in [0, 0.1) is 12.3 Å². The van der Waals surface area contributed by atoms with Crippen LogP contribution in [-0.4, -0.2) is 16.4 Å². The number of rotatable bonds is 2. The Morgan fingerprint density at radius 1 is 1.44 bits per heavy atom. The second-order valence-corrected chi connectivity index (χ2v) is 4.68. The van der Waals surface area contributed by atoms with Crippen molar-refractivity contribution in [3.8, 4) is 12.3 Å². The lowest BCUT2D eigenvalue weighted by Crippen LogP contribution is -2.48. The smallest absolute Gasteiger partial charge is 0.256 e. The maximum absolute atomic E-state index is 12.2. The second-order valence-electron chi connectivity index (χ2n) is 4.68. The van der Waals surface area contributed by atoms with Gasteiger partial charge in [0.2, 0.25) is 0 Å². The molecule has 0 saturated heterocycles. The predicted octanol–water partition coefficient (Wildman–Crippen LogP) is 1.73. The van der Waals surface area contributed by atoms with E-state index in [2.05, 4.69) is 16.2 Å². The molecule has 1 fully saturated rings. The molecule has 0 atom stereocenters. The van der Waals surface area contributed by atoms with E-state index < -0.39 is 5.54 Å². The van der Waals surface area contributed by atoms with Gasteiger partial charge in [0.15, 0.2) is 0 Å². The highest BCUT2D eigenvalue weighted by atomic mass is 16.1. The molecular weight excluding hydrogens is 226 g/mol. The standard InChI is InChI=1S/C14H17N3O/c1-2-14(8-4-3-5-9-14)17-13(18)11-7-6-10-16-12(11)15/h1,6-7,10H,3-5,8-9H2,(H2,15,16)(H,17,18). The van der Waals surface area contributed by atoms with Crippen LogP contribution in [0.4, 0.5) is 5.82 Å². The van der Waals surface area contributed by atoms with Gasteiger partial charge < -0.3 is 11.1 Å². The molecule has 0 bridgehead atoms. The maximum Gasteiger partial charge on any atom is 0.256 e. The lowest BCUT2D eigenvalue weighted by molar-refractivity contribution is 0.0904. The van der Waals surface area contributed by atoms with E-state index in [4.69, 9.17) is 12.2 Å². The average Bonchev–Trinajstić information content (AvgIpc) is 2.40. The number of amides is 1. The summed E-state index contributed by atoms with van der Waals surface area (Å²) in [5.74, 6) is 2.74. The number of hydrogen-bond donors (Lipinski definition) is 2. The van der Waals surface area contributed by atoms with Crippen molar-refractivity contribution in [1.29, 1.82) is 0 Å². The van der Waals surface area contributed by atoms with E-state index in [9.17, 15) is 4.79 Å². The van der Waals surface area contributed by atoms with Gasteiger partial charge in [0, 0.05) is 6.20 Å². The fraction of sp³-hybridized carbons (Fsp3) is 0.429. The number of nitrogen functional groups attached to an aromatic ring is 1. The number of carbonyl (C=O) groups excluding carboxylic acids is 1. The van der Waals surface area contributed by atoms with Crippen LogP contribution in [0.25, 0.3) is 0 Å². The summed E-state index contributed by atoms with van der Waals surface area (Å²) < 4.78 is 0. The number of nitrogens with two attached hydrogens (primary N) is 1. The van der Waals surface area contributed by atoms with Gasteiger partial charge in [0.05, 0.1) is 5.56 Å². The van der Waals surface area contributed by atoms with E-state index in [0.29, 0.717) is 5.56 Å². The van der Waals surface area contributed by atoms with E-state index >= 15 is 0 Å². The molecule has 3 N–H and O–H groups in total. The Kier molecular flexibility index (Phi) is 3.52. The highest BCUT2D eigenvalue weighted by Gasteiger charge is 2.32. The summed E-state index contributed by atoms with van der Waals surface area (Å²) in [4.78, 5) is 16.1. The molecule has 1 aromatic rings. The SMILES string of the molecule is C#CC1(NC(=O)c2cccnc2N)CCCCC1. The molecule has 1 heterocycles. The monoisotopic (exact) mass is 243 g/mol. The molecule has 2 rings (SSSR count). The normalized spacial score (nSPS) is 17.7. The van der Waals surface area contributed by atoms with E-state index in [0.717, 1.165) is 25.7 Å². The third-order valence-corrected chi connectivity index (χ3v) is 3.42. The van der Waals surface area contributed by atoms with Crippen LogP contribution in [-0.2, 0) is 0 Å². The Balaban J connectivity index is 2.16. The van der Waals surface area contributed by atoms with Crippen LogP contribution in [0.1, 0.15) is 42.5 Å². The first-order valence-corrected chi connectivity index (χ1v) is 6.18. The number of hydrogen-bond acceptors (Lipinski definition) is 3. The van der Waals surface area contributed by atoms with Crippen molar-refractivity contribution in [2.75, 3.05) is 5.73 Å². The molecule has 94 valence electrons. The van der Waals surface area contributed by atoms with Crippen molar-refractivity contribution in [3.05, 3.63) is 23.9 Å². The molecule has 4 nitrogen and oxygen atoms in total. The van der Waals surface area contributed by atoms with Gasteiger partial charge in [-0.05, 0) is 25.0 Å². The largest absolute Gasteiger partial charge is 0.383 e. The summed E-state index contributed by atoms with van der Waals surface area (Å²) in [5.41, 5.74) is 5.56. The third kappa shape index (κ3) is 2.45. The molecule has 18 heavy (non-hydrogen) atoms. The Labute approximate surface area is 107 Å². The van der Waals surface area contributed by atoms with Gasteiger partial charge in [0.1, 0.15) is 11.4 Å². The van der Waals surface area contributed by atoms with Crippen molar-refractivity contribution < 1.29 is 4.79 Å². The number of anilines is 1. The van der Waals surface area contributed by atoms with Gasteiger partial charge in [-0.1, -0.05) is 25.2 Å². The molecule has 1 aliphatic rings.